The molecule has 0 amide bonds. The van der Waals surface area contributed by atoms with Crippen molar-refractivity contribution in [1.82, 2.24) is 10.2 Å². The summed E-state index contributed by atoms with van der Waals surface area (Å²) in [5.74, 6) is 1.35. The first-order valence-corrected chi connectivity index (χ1v) is 8.94. The van der Waals surface area contributed by atoms with Crippen molar-refractivity contribution in [3.63, 3.8) is 0 Å². The van der Waals surface area contributed by atoms with Crippen molar-refractivity contribution < 1.29 is 13.2 Å². The summed E-state index contributed by atoms with van der Waals surface area (Å²) in [7, 11) is 0. The fourth-order valence-electron chi connectivity index (χ4n) is 3.35. The van der Waals surface area contributed by atoms with E-state index in [2.05, 4.69) is 31.0 Å². The monoisotopic (exact) mass is 324 g/mol. The standard InChI is InChI=1S/C15H27F3N2S/c1-4-11(2)13-9-20(7-8-21-15(16,17)18)14(3,10-19-13)12-5-6-12/h11-13,19H,4-10H2,1-3H3. The van der Waals surface area contributed by atoms with E-state index in [0.717, 1.165) is 19.5 Å². The number of halogens is 3. The van der Waals surface area contributed by atoms with E-state index in [0.29, 0.717) is 24.4 Å². The average Bonchev–Trinajstić information content (AvgIpc) is 3.23. The molecule has 1 heterocycles. The first-order valence-electron chi connectivity index (χ1n) is 7.95. The molecule has 1 saturated carbocycles. The summed E-state index contributed by atoms with van der Waals surface area (Å²) < 4.78 is 37.1. The van der Waals surface area contributed by atoms with Crippen molar-refractivity contribution >= 4 is 11.8 Å². The summed E-state index contributed by atoms with van der Waals surface area (Å²) in [5.41, 5.74) is -4.07. The SMILES string of the molecule is CCC(C)C1CN(CCSC(F)(F)F)C(C)(C2CC2)CN1. The van der Waals surface area contributed by atoms with Crippen molar-refractivity contribution in [1.29, 1.82) is 0 Å². The highest BCUT2D eigenvalue weighted by molar-refractivity contribution is 8.00. The number of nitrogens with one attached hydrogen (secondary N) is 1. The minimum atomic E-state index is -4.11. The summed E-state index contributed by atoms with van der Waals surface area (Å²) in [6, 6.07) is 0.401. The maximum atomic E-state index is 12.4. The zero-order chi connectivity index (χ0) is 15.7. The van der Waals surface area contributed by atoms with Gasteiger partial charge in [-0.15, -0.1) is 0 Å². The summed E-state index contributed by atoms with van der Waals surface area (Å²) >= 11 is 0.113. The molecule has 2 nitrogen and oxygen atoms in total. The van der Waals surface area contributed by atoms with Gasteiger partial charge in [0.15, 0.2) is 0 Å². The largest absolute Gasteiger partial charge is 0.441 e. The van der Waals surface area contributed by atoms with Crippen LogP contribution < -0.4 is 5.32 Å². The van der Waals surface area contributed by atoms with E-state index in [1.165, 1.54) is 12.8 Å². The Morgan fingerprint density at radius 2 is 2.05 bits per heavy atom. The number of piperazine rings is 1. The smallest absolute Gasteiger partial charge is 0.311 e. The Hall–Kier alpha value is 0.0600. The summed E-state index contributed by atoms with van der Waals surface area (Å²) in [5, 5.41) is 3.65. The predicted octanol–water partition coefficient (Wildman–Crippen LogP) is 3.73. The molecular formula is C15H27F3N2S. The Kier molecular flexibility index (Phi) is 5.53. The Balaban J connectivity index is 1.96. The zero-order valence-electron chi connectivity index (χ0n) is 13.2. The molecular weight excluding hydrogens is 297 g/mol. The van der Waals surface area contributed by atoms with E-state index in [1.807, 2.05) is 0 Å². The van der Waals surface area contributed by atoms with Crippen LogP contribution in [0.15, 0.2) is 0 Å². The van der Waals surface area contributed by atoms with Crippen molar-refractivity contribution in [3.8, 4) is 0 Å². The topological polar surface area (TPSA) is 15.3 Å². The van der Waals surface area contributed by atoms with Crippen molar-refractivity contribution in [3.05, 3.63) is 0 Å². The van der Waals surface area contributed by atoms with E-state index in [-0.39, 0.29) is 23.1 Å². The normalized spacial score (nSPS) is 33.1. The molecule has 0 aromatic carbocycles. The lowest BCUT2D eigenvalue weighted by Gasteiger charge is -2.50. The third-order valence-corrected chi connectivity index (χ3v) is 5.99. The molecule has 21 heavy (non-hydrogen) atoms. The Morgan fingerprint density at radius 3 is 2.57 bits per heavy atom. The Morgan fingerprint density at radius 1 is 1.38 bits per heavy atom. The molecule has 1 N–H and O–H groups in total. The van der Waals surface area contributed by atoms with Gasteiger partial charge in [-0.2, -0.15) is 13.2 Å². The number of nitrogens with zero attached hydrogens (tertiary/aromatic N) is 1. The number of rotatable bonds is 6. The highest BCUT2D eigenvalue weighted by atomic mass is 32.2. The fourth-order valence-corrected chi connectivity index (χ4v) is 3.89. The van der Waals surface area contributed by atoms with Crippen LogP contribution in [0.2, 0.25) is 0 Å². The molecule has 1 aliphatic carbocycles. The third-order valence-electron chi connectivity index (χ3n) is 5.28. The first-order chi connectivity index (χ1) is 9.76. The maximum absolute atomic E-state index is 12.4. The van der Waals surface area contributed by atoms with Crippen LogP contribution in [0.3, 0.4) is 0 Å². The van der Waals surface area contributed by atoms with Gasteiger partial charge in [-0.3, -0.25) is 4.90 Å². The zero-order valence-corrected chi connectivity index (χ0v) is 14.0. The molecule has 3 atom stereocenters. The van der Waals surface area contributed by atoms with E-state index < -0.39 is 5.51 Å². The van der Waals surface area contributed by atoms with E-state index in [4.69, 9.17) is 0 Å². The highest BCUT2D eigenvalue weighted by Gasteiger charge is 2.48. The summed E-state index contributed by atoms with van der Waals surface area (Å²) in [6.45, 7) is 8.93. The van der Waals surface area contributed by atoms with Gasteiger partial charge in [-0.1, -0.05) is 20.3 Å². The molecule has 1 aliphatic heterocycles. The quantitative estimate of drug-likeness (QED) is 0.801. The van der Waals surface area contributed by atoms with Crippen LogP contribution in [0.1, 0.15) is 40.0 Å². The Labute approximate surface area is 130 Å². The van der Waals surface area contributed by atoms with Gasteiger partial charge >= 0.3 is 5.51 Å². The number of hydrogen-bond donors (Lipinski definition) is 1. The molecule has 0 aromatic heterocycles. The van der Waals surface area contributed by atoms with Crippen molar-refractivity contribution in [2.45, 2.75) is 57.1 Å². The fraction of sp³-hybridized carbons (Fsp3) is 1.00. The van der Waals surface area contributed by atoms with E-state index >= 15 is 0 Å². The van der Waals surface area contributed by atoms with Crippen LogP contribution in [0.4, 0.5) is 13.2 Å². The van der Waals surface area contributed by atoms with Gasteiger partial charge in [0.25, 0.3) is 0 Å². The predicted molar refractivity (Wildman–Crippen MR) is 82.5 cm³/mol. The molecule has 0 aromatic rings. The van der Waals surface area contributed by atoms with Crippen LogP contribution in [-0.2, 0) is 0 Å². The second kappa shape index (κ2) is 6.67. The highest BCUT2D eigenvalue weighted by Crippen LogP contribution is 2.44. The van der Waals surface area contributed by atoms with Gasteiger partial charge in [-0.25, -0.2) is 0 Å². The lowest BCUT2D eigenvalue weighted by molar-refractivity contribution is -0.0333. The number of thioether (sulfide) groups is 1. The van der Waals surface area contributed by atoms with Crippen LogP contribution in [0.5, 0.6) is 0 Å². The van der Waals surface area contributed by atoms with Crippen molar-refractivity contribution in [2.75, 3.05) is 25.4 Å². The molecule has 2 rings (SSSR count). The van der Waals surface area contributed by atoms with Crippen molar-refractivity contribution in [2.24, 2.45) is 11.8 Å². The van der Waals surface area contributed by atoms with Crippen LogP contribution >= 0.6 is 11.8 Å². The molecule has 0 radical (unpaired) electrons. The maximum Gasteiger partial charge on any atom is 0.441 e. The summed E-state index contributed by atoms with van der Waals surface area (Å²) in [4.78, 5) is 2.33. The minimum absolute atomic E-state index is 0.0378. The van der Waals surface area contributed by atoms with E-state index in [1.54, 1.807) is 0 Å². The third kappa shape index (κ3) is 4.52. The van der Waals surface area contributed by atoms with Crippen LogP contribution in [0, 0.1) is 11.8 Å². The van der Waals surface area contributed by atoms with Gasteiger partial charge in [0.1, 0.15) is 0 Å². The van der Waals surface area contributed by atoms with Gasteiger partial charge in [0, 0.05) is 37.0 Å². The molecule has 2 fully saturated rings. The minimum Gasteiger partial charge on any atom is -0.311 e. The summed E-state index contributed by atoms with van der Waals surface area (Å²) in [6.07, 6.45) is 3.53. The Bertz CT molecular complexity index is 346. The van der Waals surface area contributed by atoms with Crippen LogP contribution in [0.25, 0.3) is 0 Å². The molecule has 3 unspecified atom stereocenters. The molecule has 0 spiro atoms. The van der Waals surface area contributed by atoms with Gasteiger partial charge in [0.2, 0.25) is 0 Å². The van der Waals surface area contributed by atoms with E-state index in [9.17, 15) is 13.2 Å². The molecule has 1 saturated heterocycles. The first kappa shape index (κ1) is 17.4. The van der Waals surface area contributed by atoms with Crippen LogP contribution in [-0.4, -0.2) is 47.4 Å². The molecule has 0 bridgehead atoms. The van der Waals surface area contributed by atoms with Gasteiger partial charge < -0.3 is 5.32 Å². The number of hydrogen-bond acceptors (Lipinski definition) is 3. The average molecular weight is 324 g/mol. The lowest BCUT2D eigenvalue weighted by atomic mass is 9.86. The van der Waals surface area contributed by atoms with Gasteiger partial charge in [0.05, 0.1) is 0 Å². The lowest BCUT2D eigenvalue weighted by Crippen LogP contribution is -2.66. The molecule has 2 aliphatic rings. The second-order valence-corrected chi connectivity index (χ2v) is 7.90. The van der Waals surface area contributed by atoms with Gasteiger partial charge in [-0.05, 0) is 43.4 Å². The molecule has 6 heteroatoms. The molecule has 124 valence electrons. The number of alkyl halides is 3. The second-order valence-electron chi connectivity index (χ2n) is 6.74.